The number of rotatable bonds is 4. The highest BCUT2D eigenvalue weighted by Gasteiger charge is 2.32. The van der Waals surface area contributed by atoms with Gasteiger partial charge in [-0.25, -0.2) is 0 Å². The largest absolute Gasteiger partial charge is 0.481 e. The van der Waals surface area contributed by atoms with Crippen molar-refractivity contribution in [1.82, 2.24) is 16.1 Å². The van der Waals surface area contributed by atoms with E-state index in [4.69, 9.17) is 5.11 Å². The number of carbonyl (C=O) groups excluding carboxylic acids is 1. The maximum Gasteiger partial charge on any atom is 0.305 e. The lowest BCUT2D eigenvalue weighted by atomic mass is 10.2. The third kappa shape index (κ3) is 3.55. The highest BCUT2D eigenvalue weighted by atomic mass is 16.4. The number of carboxylic acids is 1. The molecule has 1 aliphatic heterocycles. The van der Waals surface area contributed by atoms with E-state index in [0.717, 1.165) is 5.71 Å². The van der Waals surface area contributed by atoms with Crippen molar-refractivity contribution in [2.75, 3.05) is 0 Å². The molecule has 0 aliphatic carbocycles. The van der Waals surface area contributed by atoms with Gasteiger partial charge in [-0.2, -0.15) is 5.10 Å². The fourth-order valence-electron chi connectivity index (χ4n) is 1.15. The molecule has 0 spiro atoms. The normalized spacial score (nSPS) is 24.5. The maximum absolute atomic E-state index is 11.2. The zero-order valence-electron chi connectivity index (χ0n) is 8.57. The van der Waals surface area contributed by atoms with Gasteiger partial charge in [0.1, 0.15) is 6.04 Å². The summed E-state index contributed by atoms with van der Waals surface area (Å²) in [7, 11) is 0. The Morgan fingerprint density at radius 3 is 2.80 bits per heavy atom. The van der Waals surface area contributed by atoms with E-state index in [1.807, 2.05) is 0 Å². The van der Waals surface area contributed by atoms with Crippen molar-refractivity contribution in [1.29, 1.82) is 0 Å². The number of aliphatic carboxylic acids is 1. The van der Waals surface area contributed by atoms with E-state index < -0.39 is 18.3 Å². The van der Waals surface area contributed by atoms with E-state index in [0.29, 0.717) is 0 Å². The SMILES string of the molecule is CC(C)=NNC1NC(=O)C(CC(=O)O)N1. The van der Waals surface area contributed by atoms with Crippen LogP contribution in [0.15, 0.2) is 5.10 Å². The Bertz CT molecular complexity index is 298. The van der Waals surface area contributed by atoms with E-state index in [1.54, 1.807) is 13.8 Å². The Hall–Kier alpha value is -1.63. The van der Waals surface area contributed by atoms with Crippen molar-refractivity contribution in [2.45, 2.75) is 32.6 Å². The third-order valence-corrected chi connectivity index (χ3v) is 1.77. The Labute approximate surface area is 86.9 Å². The molecule has 84 valence electrons. The molecule has 1 fully saturated rings. The molecule has 0 aromatic heterocycles. The Morgan fingerprint density at radius 1 is 1.60 bits per heavy atom. The van der Waals surface area contributed by atoms with Gasteiger partial charge in [0.15, 0.2) is 6.29 Å². The summed E-state index contributed by atoms with van der Waals surface area (Å²) in [6.45, 7) is 3.61. The lowest BCUT2D eigenvalue weighted by molar-refractivity contribution is -0.139. The molecule has 7 heteroatoms. The molecule has 2 unspecified atom stereocenters. The van der Waals surface area contributed by atoms with Crippen LogP contribution in [0.3, 0.4) is 0 Å². The number of nitrogens with zero attached hydrogens (tertiary/aromatic N) is 1. The molecule has 15 heavy (non-hydrogen) atoms. The molecule has 1 amide bonds. The minimum Gasteiger partial charge on any atom is -0.481 e. The standard InChI is InChI=1S/C8H14N4O3/c1-4(2)11-12-8-9-5(3-6(13)14)7(15)10-8/h5,8-9,12H,3H2,1-2H3,(H,10,15)(H,13,14). The molecule has 0 aromatic carbocycles. The molecular weight excluding hydrogens is 200 g/mol. The maximum atomic E-state index is 11.2. The first-order valence-electron chi connectivity index (χ1n) is 4.53. The Morgan fingerprint density at radius 2 is 2.27 bits per heavy atom. The molecule has 1 heterocycles. The van der Waals surface area contributed by atoms with Crippen LogP contribution in [-0.2, 0) is 9.59 Å². The summed E-state index contributed by atoms with van der Waals surface area (Å²) in [5.74, 6) is -1.35. The van der Waals surface area contributed by atoms with Crippen molar-refractivity contribution in [3.63, 3.8) is 0 Å². The number of hydrogen-bond acceptors (Lipinski definition) is 5. The fourth-order valence-corrected chi connectivity index (χ4v) is 1.15. The summed E-state index contributed by atoms with van der Waals surface area (Å²) in [5.41, 5.74) is 3.48. The third-order valence-electron chi connectivity index (χ3n) is 1.77. The van der Waals surface area contributed by atoms with Crippen LogP contribution in [0.1, 0.15) is 20.3 Å². The van der Waals surface area contributed by atoms with Crippen LogP contribution in [0.2, 0.25) is 0 Å². The number of hydrogen-bond donors (Lipinski definition) is 4. The van der Waals surface area contributed by atoms with Gasteiger partial charge in [-0.05, 0) is 13.8 Å². The summed E-state index contributed by atoms with van der Waals surface area (Å²) < 4.78 is 0. The molecule has 0 saturated carbocycles. The minimum absolute atomic E-state index is 0.237. The van der Waals surface area contributed by atoms with Crippen LogP contribution in [0, 0.1) is 0 Å². The van der Waals surface area contributed by atoms with Crippen LogP contribution in [-0.4, -0.2) is 35.0 Å². The fraction of sp³-hybridized carbons (Fsp3) is 0.625. The quantitative estimate of drug-likeness (QED) is 0.348. The predicted octanol–water partition coefficient (Wildman–Crippen LogP) is -1.18. The van der Waals surface area contributed by atoms with Crippen molar-refractivity contribution < 1.29 is 14.7 Å². The second kappa shape index (κ2) is 4.74. The first-order valence-corrected chi connectivity index (χ1v) is 4.53. The molecule has 0 radical (unpaired) electrons. The van der Waals surface area contributed by atoms with Gasteiger partial charge in [0.05, 0.1) is 6.42 Å². The summed E-state index contributed by atoms with van der Waals surface area (Å²) in [6, 6.07) is -0.702. The lowest BCUT2D eigenvalue weighted by Gasteiger charge is -2.10. The zero-order chi connectivity index (χ0) is 11.4. The average molecular weight is 214 g/mol. The first kappa shape index (κ1) is 11.4. The number of hydrazone groups is 1. The summed E-state index contributed by atoms with van der Waals surface area (Å²) in [6.07, 6.45) is -0.740. The van der Waals surface area contributed by atoms with Crippen LogP contribution < -0.4 is 16.1 Å². The highest BCUT2D eigenvalue weighted by molar-refractivity contribution is 5.88. The molecule has 0 aromatic rings. The molecular formula is C8H14N4O3. The van der Waals surface area contributed by atoms with E-state index >= 15 is 0 Å². The lowest BCUT2D eigenvalue weighted by Crippen LogP contribution is -2.44. The van der Waals surface area contributed by atoms with Gasteiger partial charge in [-0.1, -0.05) is 0 Å². The van der Waals surface area contributed by atoms with Gasteiger partial charge in [0, 0.05) is 5.71 Å². The molecule has 2 atom stereocenters. The molecule has 4 N–H and O–H groups in total. The van der Waals surface area contributed by atoms with Crippen LogP contribution in [0.25, 0.3) is 0 Å². The summed E-state index contributed by atoms with van der Waals surface area (Å²) in [5, 5.41) is 17.7. The van der Waals surface area contributed by atoms with E-state index in [9.17, 15) is 9.59 Å². The van der Waals surface area contributed by atoms with Crippen LogP contribution in [0.4, 0.5) is 0 Å². The highest BCUT2D eigenvalue weighted by Crippen LogP contribution is 2.00. The number of carbonyl (C=O) groups is 2. The number of carboxylic acid groups (broad SMARTS) is 1. The van der Waals surface area contributed by atoms with Crippen molar-refractivity contribution in [2.24, 2.45) is 5.10 Å². The Kier molecular flexibility index (Phi) is 3.62. The number of amides is 1. The number of nitrogens with one attached hydrogen (secondary N) is 3. The van der Waals surface area contributed by atoms with E-state index in [2.05, 4.69) is 21.2 Å². The van der Waals surface area contributed by atoms with E-state index in [-0.39, 0.29) is 12.3 Å². The average Bonchev–Trinajstić information content (AvgIpc) is 2.43. The van der Waals surface area contributed by atoms with Crippen molar-refractivity contribution in [3.05, 3.63) is 0 Å². The molecule has 7 nitrogen and oxygen atoms in total. The summed E-state index contributed by atoms with van der Waals surface area (Å²) in [4.78, 5) is 21.6. The van der Waals surface area contributed by atoms with Crippen molar-refractivity contribution >= 4 is 17.6 Å². The monoisotopic (exact) mass is 214 g/mol. The molecule has 1 rings (SSSR count). The van der Waals surface area contributed by atoms with Gasteiger partial charge >= 0.3 is 5.97 Å². The first-order chi connectivity index (χ1) is 6.99. The van der Waals surface area contributed by atoms with Crippen LogP contribution in [0.5, 0.6) is 0 Å². The minimum atomic E-state index is -1.02. The second-order valence-corrected chi connectivity index (χ2v) is 3.45. The molecule has 1 aliphatic rings. The van der Waals surface area contributed by atoms with Gasteiger partial charge in [0.2, 0.25) is 5.91 Å². The summed E-state index contributed by atoms with van der Waals surface area (Å²) >= 11 is 0. The smallest absolute Gasteiger partial charge is 0.305 e. The Balaban J connectivity index is 2.45. The second-order valence-electron chi connectivity index (χ2n) is 3.45. The topological polar surface area (TPSA) is 103 Å². The molecule has 1 saturated heterocycles. The van der Waals surface area contributed by atoms with Crippen molar-refractivity contribution in [3.8, 4) is 0 Å². The van der Waals surface area contributed by atoms with Gasteiger partial charge in [-0.3, -0.25) is 20.3 Å². The van der Waals surface area contributed by atoms with Gasteiger partial charge in [0.25, 0.3) is 0 Å². The predicted molar refractivity (Wildman–Crippen MR) is 53.0 cm³/mol. The van der Waals surface area contributed by atoms with Crippen LogP contribution >= 0.6 is 0 Å². The van der Waals surface area contributed by atoms with Gasteiger partial charge < -0.3 is 10.4 Å². The van der Waals surface area contributed by atoms with Gasteiger partial charge in [-0.15, -0.1) is 0 Å². The zero-order valence-corrected chi connectivity index (χ0v) is 8.57. The van der Waals surface area contributed by atoms with E-state index in [1.165, 1.54) is 0 Å². The molecule has 0 bridgehead atoms.